The van der Waals surface area contributed by atoms with E-state index in [1.807, 2.05) is 55.5 Å². The number of benzene rings is 3. The van der Waals surface area contributed by atoms with Crippen molar-refractivity contribution >= 4 is 51.7 Å². The number of rotatable bonds is 8. The first-order valence-corrected chi connectivity index (χ1v) is 13.4. The van der Waals surface area contributed by atoms with E-state index in [1.54, 1.807) is 33.5 Å². The number of carbonyl (C=O) groups is 1. The summed E-state index contributed by atoms with van der Waals surface area (Å²) >= 11 is 13.9. The van der Waals surface area contributed by atoms with Gasteiger partial charge in [-0.05, 0) is 54.4 Å². The molecule has 0 aliphatic carbocycles. The van der Waals surface area contributed by atoms with Gasteiger partial charge in [-0.2, -0.15) is 0 Å². The van der Waals surface area contributed by atoms with Crippen molar-refractivity contribution in [3.63, 3.8) is 0 Å². The molecule has 38 heavy (non-hydrogen) atoms. The van der Waals surface area contributed by atoms with Gasteiger partial charge in [0, 0.05) is 27.2 Å². The van der Waals surface area contributed by atoms with Gasteiger partial charge in [0.15, 0.2) is 16.7 Å². The van der Waals surface area contributed by atoms with E-state index in [-0.39, 0.29) is 5.91 Å². The summed E-state index contributed by atoms with van der Waals surface area (Å²) in [4.78, 5) is 18.5. The average Bonchev–Trinajstić information content (AvgIpc) is 2.91. The number of methoxy groups -OCH3 is 3. The van der Waals surface area contributed by atoms with Crippen molar-refractivity contribution in [1.82, 2.24) is 5.32 Å². The van der Waals surface area contributed by atoms with Gasteiger partial charge in [0.2, 0.25) is 5.75 Å². The molecule has 0 radical (unpaired) electrons. The van der Waals surface area contributed by atoms with Crippen LogP contribution in [0.3, 0.4) is 0 Å². The number of thioether (sulfide) groups is 1. The van der Waals surface area contributed by atoms with E-state index in [0.717, 1.165) is 5.56 Å². The zero-order chi connectivity index (χ0) is 27.2. The molecule has 0 spiro atoms. The third-order valence-electron chi connectivity index (χ3n) is 5.88. The monoisotopic (exact) mass is 571 g/mol. The highest BCUT2D eigenvalue weighted by Gasteiger charge is 2.31. The molecule has 1 atom stereocenters. The Morgan fingerprint density at radius 2 is 1.68 bits per heavy atom. The third-order valence-corrected chi connectivity index (χ3v) is 7.40. The second-order valence-corrected chi connectivity index (χ2v) is 10.1. The molecule has 1 amide bonds. The number of nitrogens with zero attached hydrogens (tertiary/aromatic N) is 1. The quantitative estimate of drug-likeness (QED) is 0.307. The highest BCUT2D eigenvalue weighted by molar-refractivity contribution is 8.13. The number of hydrogen-bond donors (Lipinski definition) is 2. The number of amidine groups is 1. The molecular formula is C28H27Cl2N3O4S. The Bertz CT molecular complexity index is 1370. The minimum atomic E-state index is -0.642. The fraction of sp³-hybridized carbons (Fsp3) is 0.214. The molecule has 2 N–H and O–H groups in total. The van der Waals surface area contributed by atoms with Crippen molar-refractivity contribution in [3.05, 3.63) is 93.1 Å². The summed E-state index contributed by atoms with van der Waals surface area (Å²) in [6.45, 7) is 1.86. The first-order valence-electron chi connectivity index (χ1n) is 11.6. The van der Waals surface area contributed by atoms with Crippen molar-refractivity contribution in [1.29, 1.82) is 0 Å². The number of carbonyl (C=O) groups excluding carboxylic acids is 1. The molecule has 0 bridgehead atoms. The SMILES string of the molecule is COc1cc([C@H]2N=C(SCc3ccc(Cl)cc3Cl)NC(C)=C2C(=O)Nc2ccccc2)cc(OC)c1OC. The number of allylic oxidation sites excluding steroid dienone is 1. The number of anilines is 1. The van der Waals surface area contributed by atoms with Gasteiger partial charge in [-0.3, -0.25) is 4.79 Å². The predicted molar refractivity (Wildman–Crippen MR) is 155 cm³/mol. The molecule has 0 aromatic heterocycles. The summed E-state index contributed by atoms with van der Waals surface area (Å²) in [6.07, 6.45) is 0. The fourth-order valence-corrected chi connectivity index (χ4v) is 5.52. The standard InChI is InChI=1S/C28H27Cl2N3O4S/c1-16-24(27(34)32-20-8-6-5-7-9-20)25(18-12-22(35-2)26(37-4)23(13-18)36-3)33-28(31-16)38-15-17-10-11-19(29)14-21(17)30/h5-14,25H,15H2,1-4H3,(H,31,33)(H,32,34)/t25-/m1/s1. The Morgan fingerprint density at radius 1 is 1.00 bits per heavy atom. The molecule has 0 fully saturated rings. The van der Waals surface area contributed by atoms with Gasteiger partial charge in [-0.15, -0.1) is 0 Å². The lowest BCUT2D eigenvalue weighted by molar-refractivity contribution is -0.113. The molecule has 1 aliphatic rings. The van der Waals surface area contributed by atoms with Gasteiger partial charge >= 0.3 is 0 Å². The van der Waals surface area contributed by atoms with Crippen LogP contribution in [0.1, 0.15) is 24.1 Å². The van der Waals surface area contributed by atoms with Crippen LogP contribution < -0.4 is 24.8 Å². The van der Waals surface area contributed by atoms with E-state index in [0.29, 0.717) is 60.7 Å². The van der Waals surface area contributed by atoms with Crippen LogP contribution in [-0.4, -0.2) is 32.4 Å². The van der Waals surface area contributed by atoms with E-state index < -0.39 is 6.04 Å². The molecule has 1 aliphatic heterocycles. The van der Waals surface area contributed by atoms with Crippen molar-refractivity contribution < 1.29 is 19.0 Å². The van der Waals surface area contributed by atoms with E-state index in [1.165, 1.54) is 11.8 Å². The number of halogens is 2. The largest absolute Gasteiger partial charge is 0.493 e. The Labute approximate surface area is 236 Å². The zero-order valence-corrected chi connectivity index (χ0v) is 23.6. The molecule has 10 heteroatoms. The van der Waals surface area contributed by atoms with E-state index in [2.05, 4.69) is 10.6 Å². The number of nitrogens with one attached hydrogen (secondary N) is 2. The molecule has 4 rings (SSSR count). The van der Waals surface area contributed by atoms with Gasteiger partial charge in [0.25, 0.3) is 5.91 Å². The number of aliphatic imine (C=N–C) groups is 1. The van der Waals surface area contributed by atoms with Gasteiger partial charge in [-0.1, -0.05) is 59.2 Å². The van der Waals surface area contributed by atoms with E-state index >= 15 is 0 Å². The molecule has 0 saturated heterocycles. The van der Waals surface area contributed by atoms with E-state index in [4.69, 9.17) is 42.4 Å². The van der Waals surface area contributed by atoms with Crippen molar-refractivity contribution in [3.8, 4) is 17.2 Å². The van der Waals surface area contributed by atoms with Crippen LogP contribution in [0.15, 0.2) is 76.9 Å². The summed E-state index contributed by atoms with van der Waals surface area (Å²) in [5.41, 5.74) is 3.46. The minimum Gasteiger partial charge on any atom is -0.493 e. The number of ether oxygens (including phenoxy) is 3. The van der Waals surface area contributed by atoms with Crippen LogP contribution in [0, 0.1) is 0 Å². The molecule has 1 heterocycles. The molecule has 7 nitrogen and oxygen atoms in total. The van der Waals surface area contributed by atoms with Crippen molar-refractivity contribution in [2.75, 3.05) is 26.6 Å². The van der Waals surface area contributed by atoms with Crippen molar-refractivity contribution in [2.24, 2.45) is 4.99 Å². The van der Waals surface area contributed by atoms with Crippen LogP contribution in [0.25, 0.3) is 0 Å². The lowest BCUT2D eigenvalue weighted by atomic mass is 9.95. The highest BCUT2D eigenvalue weighted by Crippen LogP contribution is 2.43. The van der Waals surface area contributed by atoms with Crippen LogP contribution in [0.4, 0.5) is 5.69 Å². The maximum atomic E-state index is 13.6. The minimum absolute atomic E-state index is 0.270. The van der Waals surface area contributed by atoms with Gasteiger partial charge in [0.1, 0.15) is 6.04 Å². The predicted octanol–water partition coefficient (Wildman–Crippen LogP) is 6.87. The lowest BCUT2D eigenvalue weighted by Crippen LogP contribution is -2.32. The Balaban J connectivity index is 1.73. The molecule has 198 valence electrons. The summed E-state index contributed by atoms with van der Waals surface area (Å²) in [5, 5.41) is 8.07. The molecule has 3 aromatic carbocycles. The van der Waals surface area contributed by atoms with E-state index in [9.17, 15) is 4.79 Å². The highest BCUT2D eigenvalue weighted by atomic mass is 35.5. The number of para-hydroxylation sites is 1. The second-order valence-electron chi connectivity index (χ2n) is 8.30. The molecule has 0 saturated carbocycles. The van der Waals surface area contributed by atoms with Crippen LogP contribution in [0.2, 0.25) is 10.0 Å². The first kappa shape index (κ1) is 27.7. The van der Waals surface area contributed by atoms with Crippen LogP contribution in [0.5, 0.6) is 17.2 Å². The number of amides is 1. The maximum Gasteiger partial charge on any atom is 0.255 e. The molecule has 0 unspecified atom stereocenters. The summed E-state index contributed by atoms with van der Waals surface area (Å²) in [7, 11) is 4.64. The van der Waals surface area contributed by atoms with Gasteiger partial charge in [0.05, 0.1) is 26.9 Å². The normalized spacial score (nSPS) is 14.9. The molecule has 3 aromatic rings. The zero-order valence-electron chi connectivity index (χ0n) is 21.3. The Hall–Kier alpha value is -3.33. The summed E-state index contributed by atoms with van der Waals surface area (Å²) in [5.74, 6) is 1.69. The summed E-state index contributed by atoms with van der Waals surface area (Å²) in [6, 6.07) is 17.7. The Morgan fingerprint density at radius 3 is 2.29 bits per heavy atom. The molecular weight excluding hydrogens is 545 g/mol. The second kappa shape index (κ2) is 12.5. The number of hydrogen-bond acceptors (Lipinski definition) is 7. The topological polar surface area (TPSA) is 81.2 Å². The maximum absolute atomic E-state index is 13.6. The van der Waals surface area contributed by atoms with Crippen LogP contribution >= 0.6 is 35.0 Å². The third kappa shape index (κ3) is 6.20. The smallest absolute Gasteiger partial charge is 0.255 e. The average molecular weight is 573 g/mol. The fourth-order valence-electron chi connectivity index (χ4n) is 4.02. The Kier molecular flexibility index (Phi) is 9.09. The van der Waals surface area contributed by atoms with Gasteiger partial charge in [-0.25, -0.2) is 4.99 Å². The van der Waals surface area contributed by atoms with Crippen LogP contribution in [-0.2, 0) is 10.5 Å². The first-order chi connectivity index (χ1) is 18.3. The summed E-state index contributed by atoms with van der Waals surface area (Å²) < 4.78 is 16.6. The van der Waals surface area contributed by atoms with Crippen molar-refractivity contribution in [2.45, 2.75) is 18.7 Å². The van der Waals surface area contributed by atoms with Gasteiger partial charge < -0.3 is 24.8 Å². The lowest BCUT2D eigenvalue weighted by Gasteiger charge is -2.27.